The van der Waals surface area contributed by atoms with E-state index in [1.165, 1.54) is 10.7 Å². The second kappa shape index (κ2) is 9.72. The summed E-state index contributed by atoms with van der Waals surface area (Å²) < 4.78 is 17.5. The SMILES string of the molecule is CCOC(=O)c1cc(C(=O)OCC)n(CCO[Si](CC)C(C)(C)C)n1. The third-order valence-electron chi connectivity index (χ3n) is 3.49. The van der Waals surface area contributed by atoms with Crippen molar-refractivity contribution in [2.45, 2.75) is 59.2 Å². The molecule has 1 radical (unpaired) electrons. The molecule has 0 aliphatic rings. The molecule has 0 aliphatic carbocycles. The van der Waals surface area contributed by atoms with E-state index in [1.54, 1.807) is 13.8 Å². The summed E-state index contributed by atoms with van der Waals surface area (Å²) in [5, 5.41) is 4.32. The lowest BCUT2D eigenvalue weighted by atomic mass is 10.2. The molecule has 0 fully saturated rings. The molecule has 0 bridgehead atoms. The minimum absolute atomic E-state index is 0.0988. The monoisotopic (exact) mass is 369 g/mol. The maximum Gasteiger partial charge on any atom is 0.358 e. The number of nitrogens with zero attached hydrogens (tertiary/aromatic N) is 2. The highest BCUT2D eigenvalue weighted by molar-refractivity contribution is 6.55. The van der Waals surface area contributed by atoms with Crippen molar-refractivity contribution < 1.29 is 23.5 Å². The van der Waals surface area contributed by atoms with Gasteiger partial charge in [0.1, 0.15) is 5.69 Å². The van der Waals surface area contributed by atoms with Gasteiger partial charge in [-0.25, -0.2) is 9.59 Å². The standard InChI is InChI=1S/C17H29N2O5Si/c1-7-22-15(20)13-12-14(16(21)23-8-2)19(18-13)10-11-24-25(9-3)17(4,5)6/h12H,7-11H2,1-6H3. The lowest BCUT2D eigenvalue weighted by Crippen LogP contribution is -2.30. The zero-order valence-corrected chi connectivity index (χ0v) is 17.0. The summed E-state index contributed by atoms with van der Waals surface area (Å²) in [6.45, 7) is 13.4. The van der Waals surface area contributed by atoms with Crippen molar-refractivity contribution in [2.24, 2.45) is 0 Å². The number of rotatable bonds is 9. The number of hydrogen-bond donors (Lipinski definition) is 0. The van der Waals surface area contributed by atoms with E-state index in [4.69, 9.17) is 13.9 Å². The Labute approximate surface area is 151 Å². The molecule has 0 amide bonds. The van der Waals surface area contributed by atoms with Gasteiger partial charge in [0, 0.05) is 6.07 Å². The van der Waals surface area contributed by atoms with Crippen LogP contribution in [-0.4, -0.2) is 50.6 Å². The van der Waals surface area contributed by atoms with Gasteiger partial charge in [-0.3, -0.25) is 4.68 Å². The van der Waals surface area contributed by atoms with Crippen LogP contribution in [0.1, 0.15) is 62.5 Å². The van der Waals surface area contributed by atoms with Crippen molar-refractivity contribution in [3.63, 3.8) is 0 Å². The average molecular weight is 370 g/mol. The maximum absolute atomic E-state index is 12.1. The van der Waals surface area contributed by atoms with E-state index in [0.717, 1.165) is 6.04 Å². The van der Waals surface area contributed by atoms with Gasteiger partial charge < -0.3 is 13.9 Å². The Morgan fingerprint density at radius 1 is 1.12 bits per heavy atom. The maximum atomic E-state index is 12.1. The Morgan fingerprint density at radius 3 is 2.24 bits per heavy atom. The summed E-state index contributed by atoms with van der Waals surface area (Å²) in [6, 6.07) is 2.40. The van der Waals surface area contributed by atoms with E-state index in [2.05, 4.69) is 32.8 Å². The van der Waals surface area contributed by atoms with Crippen molar-refractivity contribution in [3.05, 3.63) is 17.5 Å². The summed E-state index contributed by atoms with van der Waals surface area (Å²) in [7, 11) is -0.978. The topological polar surface area (TPSA) is 79.7 Å². The molecule has 0 unspecified atom stereocenters. The fourth-order valence-electron chi connectivity index (χ4n) is 2.37. The van der Waals surface area contributed by atoms with Crippen LogP contribution in [0, 0.1) is 0 Å². The van der Waals surface area contributed by atoms with Crippen molar-refractivity contribution >= 4 is 21.0 Å². The smallest absolute Gasteiger partial charge is 0.358 e. The van der Waals surface area contributed by atoms with Crippen LogP contribution in [0.3, 0.4) is 0 Å². The molecule has 0 spiro atoms. The first-order chi connectivity index (χ1) is 11.7. The van der Waals surface area contributed by atoms with Crippen LogP contribution in [0.5, 0.6) is 0 Å². The lowest BCUT2D eigenvalue weighted by Gasteiger charge is -2.27. The van der Waals surface area contributed by atoms with Gasteiger partial charge in [0.05, 0.1) is 26.4 Å². The molecule has 0 aliphatic heterocycles. The quantitative estimate of drug-likeness (QED) is 0.492. The van der Waals surface area contributed by atoms with E-state index < -0.39 is 21.0 Å². The summed E-state index contributed by atoms with van der Waals surface area (Å²) >= 11 is 0. The minimum Gasteiger partial charge on any atom is -0.461 e. The number of carbonyl (C=O) groups excluding carboxylic acids is 2. The summed E-state index contributed by atoms with van der Waals surface area (Å²) in [5.41, 5.74) is 0.330. The van der Waals surface area contributed by atoms with Crippen LogP contribution >= 0.6 is 0 Å². The van der Waals surface area contributed by atoms with E-state index >= 15 is 0 Å². The third kappa shape index (κ3) is 6.28. The molecule has 7 nitrogen and oxygen atoms in total. The van der Waals surface area contributed by atoms with Gasteiger partial charge in [0.2, 0.25) is 9.04 Å². The van der Waals surface area contributed by atoms with Gasteiger partial charge in [-0.2, -0.15) is 5.10 Å². The molecule has 25 heavy (non-hydrogen) atoms. The molecule has 0 N–H and O–H groups in total. The second-order valence-corrected chi connectivity index (χ2v) is 9.80. The van der Waals surface area contributed by atoms with Crippen LogP contribution in [0.2, 0.25) is 11.1 Å². The predicted octanol–water partition coefficient (Wildman–Crippen LogP) is 3.06. The van der Waals surface area contributed by atoms with Crippen LogP contribution in [0.25, 0.3) is 0 Å². The van der Waals surface area contributed by atoms with Crippen molar-refractivity contribution in [1.29, 1.82) is 0 Å². The highest BCUT2D eigenvalue weighted by Crippen LogP contribution is 2.29. The average Bonchev–Trinajstić information content (AvgIpc) is 2.95. The highest BCUT2D eigenvalue weighted by atomic mass is 28.3. The molecule has 1 heterocycles. The number of ether oxygens (including phenoxy) is 2. The van der Waals surface area contributed by atoms with Gasteiger partial charge in [-0.05, 0) is 24.9 Å². The zero-order chi connectivity index (χ0) is 19.0. The van der Waals surface area contributed by atoms with Crippen molar-refractivity contribution in [2.75, 3.05) is 19.8 Å². The first kappa shape index (κ1) is 21.4. The molecule has 0 saturated heterocycles. The Kier molecular flexibility index (Phi) is 8.31. The zero-order valence-electron chi connectivity index (χ0n) is 16.0. The van der Waals surface area contributed by atoms with E-state index in [0.29, 0.717) is 13.2 Å². The lowest BCUT2D eigenvalue weighted by molar-refractivity contribution is 0.0504. The fraction of sp³-hybridized carbons (Fsp3) is 0.706. The second-order valence-electron chi connectivity index (χ2n) is 6.45. The number of carbonyl (C=O) groups is 2. The number of hydrogen-bond acceptors (Lipinski definition) is 6. The molecule has 8 heteroatoms. The molecular weight excluding hydrogens is 340 g/mol. The largest absolute Gasteiger partial charge is 0.461 e. The van der Waals surface area contributed by atoms with E-state index in [1.807, 2.05) is 0 Å². The summed E-state index contributed by atoms with van der Waals surface area (Å²) in [5.74, 6) is -1.07. The van der Waals surface area contributed by atoms with Crippen LogP contribution in [0.15, 0.2) is 6.07 Å². The van der Waals surface area contributed by atoms with Crippen molar-refractivity contribution in [1.82, 2.24) is 9.78 Å². The Bertz CT molecular complexity index is 580. The molecule has 141 valence electrons. The first-order valence-electron chi connectivity index (χ1n) is 8.65. The Morgan fingerprint density at radius 2 is 1.72 bits per heavy atom. The van der Waals surface area contributed by atoms with Gasteiger partial charge in [-0.1, -0.05) is 27.7 Å². The number of aromatic nitrogens is 2. The molecule has 0 aromatic carbocycles. The summed E-state index contributed by atoms with van der Waals surface area (Å²) in [6.07, 6.45) is 0. The number of esters is 2. The van der Waals surface area contributed by atoms with Crippen LogP contribution in [0.4, 0.5) is 0 Å². The Hall–Kier alpha value is -1.67. The normalized spacial score (nSPS) is 11.6. The predicted molar refractivity (Wildman–Crippen MR) is 96.0 cm³/mol. The fourth-order valence-corrected chi connectivity index (χ4v) is 4.40. The highest BCUT2D eigenvalue weighted by Gasteiger charge is 2.27. The first-order valence-corrected chi connectivity index (χ1v) is 10.3. The van der Waals surface area contributed by atoms with E-state index in [-0.39, 0.29) is 29.6 Å². The molecule has 0 saturated carbocycles. The van der Waals surface area contributed by atoms with E-state index in [9.17, 15) is 9.59 Å². The minimum atomic E-state index is -0.978. The summed E-state index contributed by atoms with van der Waals surface area (Å²) in [4.78, 5) is 24.0. The third-order valence-corrected chi connectivity index (χ3v) is 6.35. The van der Waals surface area contributed by atoms with Crippen LogP contribution in [-0.2, 0) is 20.4 Å². The van der Waals surface area contributed by atoms with Crippen molar-refractivity contribution in [3.8, 4) is 0 Å². The molecule has 0 atom stereocenters. The molecule has 1 aromatic heterocycles. The van der Waals surface area contributed by atoms with Gasteiger partial charge in [0.25, 0.3) is 0 Å². The molecule has 1 aromatic rings. The Balaban J connectivity index is 2.88. The molecule has 1 rings (SSSR count). The van der Waals surface area contributed by atoms with Gasteiger partial charge in [0.15, 0.2) is 5.69 Å². The van der Waals surface area contributed by atoms with Crippen LogP contribution < -0.4 is 0 Å². The molecular formula is C17H29N2O5Si. The van der Waals surface area contributed by atoms with Gasteiger partial charge >= 0.3 is 11.9 Å². The van der Waals surface area contributed by atoms with Gasteiger partial charge in [-0.15, -0.1) is 0 Å².